The van der Waals surface area contributed by atoms with Crippen LogP contribution in [-0.2, 0) is 11.2 Å². The Morgan fingerprint density at radius 2 is 1.96 bits per heavy atom. The number of imidazole rings is 1. The van der Waals surface area contributed by atoms with Gasteiger partial charge in [-0.1, -0.05) is 19.1 Å². The maximum absolute atomic E-state index is 13.2. The highest BCUT2D eigenvalue weighted by Gasteiger charge is 2.28. The number of amides is 1. The average Bonchev–Trinajstić information content (AvgIpc) is 3.04. The van der Waals surface area contributed by atoms with Crippen molar-refractivity contribution >= 4 is 16.9 Å². The Morgan fingerprint density at radius 3 is 2.62 bits per heavy atom. The molecule has 2 heterocycles. The molecule has 0 unspecified atom stereocenters. The molecule has 1 fully saturated rings. The summed E-state index contributed by atoms with van der Waals surface area (Å²) in [4.78, 5) is 22.2. The average molecular weight is 357 g/mol. The van der Waals surface area contributed by atoms with Crippen LogP contribution in [0.5, 0.6) is 0 Å². The van der Waals surface area contributed by atoms with Gasteiger partial charge in [0.15, 0.2) is 0 Å². The molecule has 1 saturated heterocycles. The summed E-state index contributed by atoms with van der Waals surface area (Å²) in [5, 5.41) is 0. The van der Waals surface area contributed by atoms with E-state index < -0.39 is 0 Å². The monoisotopic (exact) mass is 356 g/mol. The van der Waals surface area contributed by atoms with Gasteiger partial charge in [0.05, 0.1) is 11.0 Å². The van der Waals surface area contributed by atoms with Gasteiger partial charge in [-0.05, 0) is 64.9 Å². The van der Waals surface area contributed by atoms with Crippen LogP contribution in [0.15, 0.2) is 24.3 Å². The van der Waals surface area contributed by atoms with Crippen LogP contribution in [0.1, 0.15) is 45.0 Å². The smallest absolute Gasteiger partial charge is 0.245 e. The van der Waals surface area contributed by atoms with Crippen LogP contribution in [0.2, 0.25) is 0 Å². The maximum atomic E-state index is 13.2. The number of hydrogen-bond donors (Lipinski definition) is 0. The van der Waals surface area contributed by atoms with Gasteiger partial charge in [0.25, 0.3) is 0 Å². The number of piperidine rings is 1. The normalized spacial score (nSPS) is 17.2. The molecular formula is C21H32N4O. The molecule has 0 bridgehead atoms. The summed E-state index contributed by atoms with van der Waals surface area (Å²) in [7, 11) is 4.25. The summed E-state index contributed by atoms with van der Waals surface area (Å²) in [6.07, 6.45) is 4.31. The summed E-state index contributed by atoms with van der Waals surface area (Å²) in [6, 6.07) is 7.92. The summed E-state index contributed by atoms with van der Waals surface area (Å²) in [5.74, 6) is 1.97. The van der Waals surface area contributed by atoms with E-state index in [2.05, 4.69) is 41.5 Å². The van der Waals surface area contributed by atoms with Crippen LogP contribution in [0.4, 0.5) is 0 Å². The lowest BCUT2D eigenvalue weighted by atomic mass is 9.93. The third-order valence-electron chi connectivity index (χ3n) is 5.64. The molecular weight excluding hydrogens is 324 g/mol. The van der Waals surface area contributed by atoms with Crippen molar-refractivity contribution < 1.29 is 4.79 Å². The van der Waals surface area contributed by atoms with Crippen LogP contribution in [-0.4, -0.2) is 59.0 Å². The fourth-order valence-corrected chi connectivity index (χ4v) is 4.03. The Morgan fingerprint density at radius 1 is 1.27 bits per heavy atom. The lowest BCUT2D eigenvalue weighted by Gasteiger charge is -2.34. The molecule has 5 nitrogen and oxygen atoms in total. The Kier molecular flexibility index (Phi) is 5.97. The zero-order chi connectivity index (χ0) is 18.7. The zero-order valence-corrected chi connectivity index (χ0v) is 16.6. The highest BCUT2D eigenvalue weighted by molar-refractivity contribution is 5.84. The minimum absolute atomic E-state index is 0.198. The summed E-state index contributed by atoms with van der Waals surface area (Å²) >= 11 is 0. The van der Waals surface area contributed by atoms with Crippen LogP contribution in [0.25, 0.3) is 11.0 Å². The number of para-hydroxylation sites is 2. The van der Waals surface area contributed by atoms with E-state index in [0.717, 1.165) is 61.7 Å². The number of carbonyl (C=O) groups is 1. The van der Waals surface area contributed by atoms with Crippen LogP contribution in [0.3, 0.4) is 0 Å². The predicted octanol–water partition coefficient (Wildman–Crippen LogP) is 3.35. The molecule has 1 atom stereocenters. The van der Waals surface area contributed by atoms with Crippen LogP contribution in [0, 0.1) is 5.92 Å². The molecule has 0 aliphatic carbocycles. The second kappa shape index (κ2) is 8.21. The molecule has 1 aromatic carbocycles. The number of hydrogen-bond acceptors (Lipinski definition) is 3. The molecule has 0 spiro atoms. The van der Waals surface area contributed by atoms with Crippen molar-refractivity contribution in [3.05, 3.63) is 30.1 Å². The van der Waals surface area contributed by atoms with Gasteiger partial charge in [-0.2, -0.15) is 0 Å². The lowest BCUT2D eigenvalue weighted by Crippen LogP contribution is -2.42. The third kappa shape index (κ3) is 3.93. The van der Waals surface area contributed by atoms with Gasteiger partial charge in [-0.25, -0.2) is 4.98 Å². The van der Waals surface area contributed by atoms with Crippen LogP contribution >= 0.6 is 0 Å². The van der Waals surface area contributed by atoms with E-state index in [1.807, 2.05) is 25.1 Å². The van der Waals surface area contributed by atoms with Crippen molar-refractivity contribution in [3.63, 3.8) is 0 Å². The number of rotatable bonds is 6. The van der Waals surface area contributed by atoms with Gasteiger partial charge < -0.3 is 14.4 Å². The Balaban J connectivity index is 1.69. The molecule has 1 aromatic heterocycles. The number of fused-ring (bicyclic) bond motifs is 1. The molecule has 1 amide bonds. The fraction of sp³-hybridized carbons (Fsp3) is 0.619. The summed E-state index contributed by atoms with van der Waals surface area (Å²) in [6.45, 7) is 7.03. The maximum Gasteiger partial charge on any atom is 0.245 e. The first kappa shape index (κ1) is 18.9. The molecule has 0 N–H and O–H groups in total. The van der Waals surface area contributed by atoms with E-state index >= 15 is 0 Å². The van der Waals surface area contributed by atoms with Gasteiger partial charge >= 0.3 is 0 Å². The van der Waals surface area contributed by atoms with Crippen molar-refractivity contribution in [2.24, 2.45) is 5.92 Å². The Bertz CT molecular complexity index is 744. The number of benzene rings is 1. The Labute approximate surface area is 157 Å². The SMILES string of the molecule is CCc1nc2ccccc2n1[C@@H](C)C(=O)N1CCC(CCN(C)C)CC1. The van der Waals surface area contributed by atoms with Crippen LogP contribution < -0.4 is 0 Å². The highest BCUT2D eigenvalue weighted by atomic mass is 16.2. The quantitative estimate of drug-likeness (QED) is 0.797. The van der Waals surface area contributed by atoms with Gasteiger partial charge in [-0.3, -0.25) is 4.79 Å². The van der Waals surface area contributed by atoms with Crippen molar-refractivity contribution in [3.8, 4) is 0 Å². The van der Waals surface area contributed by atoms with Crippen molar-refractivity contribution in [2.45, 2.75) is 45.6 Å². The molecule has 0 saturated carbocycles. The standard InChI is InChI=1S/C21H32N4O/c1-5-20-22-18-8-6-7-9-19(18)25(20)16(2)21(26)24-14-11-17(12-15-24)10-13-23(3)4/h6-9,16-17H,5,10-15H2,1-4H3/t16-/m0/s1. The molecule has 0 radical (unpaired) electrons. The molecule has 142 valence electrons. The van der Waals surface area contributed by atoms with E-state index in [1.54, 1.807) is 0 Å². The minimum atomic E-state index is -0.198. The molecule has 1 aliphatic heterocycles. The second-order valence-corrected chi connectivity index (χ2v) is 7.78. The number of nitrogens with zero attached hydrogens (tertiary/aromatic N) is 4. The predicted molar refractivity (Wildman–Crippen MR) is 106 cm³/mol. The van der Waals surface area contributed by atoms with Gasteiger partial charge in [0.2, 0.25) is 5.91 Å². The first-order chi connectivity index (χ1) is 12.5. The first-order valence-corrected chi connectivity index (χ1v) is 9.90. The molecule has 26 heavy (non-hydrogen) atoms. The van der Waals surface area contributed by atoms with Gasteiger partial charge in [0, 0.05) is 19.5 Å². The summed E-state index contributed by atoms with van der Waals surface area (Å²) < 4.78 is 2.13. The van der Waals surface area contributed by atoms with E-state index in [1.165, 1.54) is 6.42 Å². The van der Waals surface area contributed by atoms with Crippen molar-refractivity contribution in [1.82, 2.24) is 19.4 Å². The molecule has 5 heteroatoms. The third-order valence-corrected chi connectivity index (χ3v) is 5.64. The molecule has 1 aliphatic rings. The largest absolute Gasteiger partial charge is 0.341 e. The lowest BCUT2D eigenvalue weighted by molar-refractivity contribution is -0.135. The number of carbonyl (C=O) groups excluding carboxylic acids is 1. The zero-order valence-electron chi connectivity index (χ0n) is 16.6. The topological polar surface area (TPSA) is 41.4 Å². The van der Waals surface area contributed by atoms with E-state index in [0.29, 0.717) is 0 Å². The van der Waals surface area contributed by atoms with Crippen molar-refractivity contribution in [1.29, 1.82) is 0 Å². The van der Waals surface area contributed by atoms with E-state index in [9.17, 15) is 4.79 Å². The minimum Gasteiger partial charge on any atom is -0.341 e. The molecule has 3 rings (SSSR count). The van der Waals surface area contributed by atoms with E-state index in [-0.39, 0.29) is 11.9 Å². The van der Waals surface area contributed by atoms with Gasteiger partial charge in [0.1, 0.15) is 11.9 Å². The van der Waals surface area contributed by atoms with E-state index in [4.69, 9.17) is 4.98 Å². The molecule has 2 aromatic rings. The number of aromatic nitrogens is 2. The Hall–Kier alpha value is -1.88. The summed E-state index contributed by atoms with van der Waals surface area (Å²) in [5.41, 5.74) is 2.04. The van der Waals surface area contributed by atoms with Crippen molar-refractivity contribution in [2.75, 3.05) is 33.7 Å². The fourth-order valence-electron chi connectivity index (χ4n) is 4.03. The first-order valence-electron chi connectivity index (χ1n) is 9.90. The van der Waals surface area contributed by atoms with Gasteiger partial charge in [-0.15, -0.1) is 0 Å². The second-order valence-electron chi connectivity index (χ2n) is 7.78. The highest BCUT2D eigenvalue weighted by Crippen LogP contribution is 2.26. The number of likely N-dealkylation sites (tertiary alicyclic amines) is 1. The number of aryl methyl sites for hydroxylation is 1.